The maximum atomic E-state index is 10.9. The summed E-state index contributed by atoms with van der Waals surface area (Å²) in [5.74, 6) is 0. The van der Waals surface area contributed by atoms with E-state index in [1.54, 1.807) is 0 Å². The highest BCUT2D eigenvalue weighted by Crippen LogP contribution is 2.25. The van der Waals surface area contributed by atoms with Gasteiger partial charge in [-0.15, -0.1) is 0 Å². The number of aliphatic hydroxyl groups excluding tert-OH is 2. The zero-order valence-corrected chi connectivity index (χ0v) is 9.18. The summed E-state index contributed by atoms with van der Waals surface area (Å²) in [6.45, 7) is -0.440. The van der Waals surface area contributed by atoms with E-state index in [0.29, 0.717) is 0 Å². The molecule has 0 spiro atoms. The first-order valence-electron chi connectivity index (χ1n) is 4.24. The summed E-state index contributed by atoms with van der Waals surface area (Å²) in [6, 6.07) is 0. The fraction of sp³-hybridized carbons (Fsp3) is 1.00. The van der Waals surface area contributed by atoms with Crippen molar-refractivity contribution in [1.82, 2.24) is 0 Å². The Morgan fingerprint density at radius 1 is 1.47 bits per heavy atom. The number of ether oxygens (including phenoxy) is 2. The van der Waals surface area contributed by atoms with Gasteiger partial charge < -0.3 is 19.7 Å². The molecule has 0 aromatic heterocycles. The third-order valence-corrected chi connectivity index (χ3v) is 2.56. The molecule has 0 radical (unpaired) electrons. The largest absolute Gasteiger partial charge is 0.394 e. The van der Waals surface area contributed by atoms with Crippen LogP contribution in [0.3, 0.4) is 0 Å². The van der Waals surface area contributed by atoms with E-state index >= 15 is 0 Å². The first-order valence-corrected chi connectivity index (χ1v) is 6.06. The van der Waals surface area contributed by atoms with Gasteiger partial charge in [0.2, 0.25) is 0 Å². The van der Waals surface area contributed by atoms with Gasteiger partial charge in [0, 0.05) is 7.11 Å². The smallest absolute Gasteiger partial charge is 0.264 e. The van der Waals surface area contributed by atoms with Gasteiger partial charge in [0.25, 0.3) is 10.1 Å². The Kier molecular flexibility index (Phi) is 4.04. The van der Waals surface area contributed by atoms with E-state index in [2.05, 4.69) is 4.18 Å². The molecule has 1 saturated heterocycles. The minimum Gasteiger partial charge on any atom is -0.394 e. The van der Waals surface area contributed by atoms with E-state index in [9.17, 15) is 13.5 Å². The summed E-state index contributed by atoms with van der Waals surface area (Å²) in [5, 5.41) is 18.4. The normalized spacial score (nSPS) is 37.1. The Balaban J connectivity index is 2.76. The second-order valence-electron chi connectivity index (χ2n) is 3.22. The van der Waals surface area contributed by atoms with Crippen molar-refractivity contribution in [3.63, 3.8) is 0 Å². The van der Waals surface area contributed by atoms with Gasteiger partial charge in [-0.3, -0.25) is 4.18 Å². The summed E-state index contributed by atoms with van der Waals surface area (Å²) in [4.78, 5) is 0. The minimum absolute atomic E-state index is 0.440. The molecular weight excluding hydrogens is 228 g/mol. The van der Waals surface area contributed by atoms with Crippen LogP contribution < -0.4 is 0 Å². The summed E-state index contributed by atoms with van der Waals surface area (Å²) < 4.78 is 36.2. The number of hydrogen-bond donors (Lipinski definition) is 2. The lowest BCUT2D eigenvalue weighted by atomic mass is 10.1. The quantitative estimate of drug-likeness (QED) is 0.553. The molecule has 0 saturated carbocycles. The van der Waals surface area contributed by atoms with Crippen LogP contribution in [0.2, 0.25) is 0 Å². The maximum absolute atomic E-state index is 10.9. The molecule has 0 unspecified atom stereocenters. The second-order valence-corrected chi connectivity index (χ2v) is 4.82. The van der Waals surface area contributed by atoms with Crippen LogP contribution in [0.1, 0.15) is 0 Å². The van der Waals surface area contributed by atoms with E-state index < -0.39 is 41.3 Å². The Bertz CT molecular complexity index is 298. The molecule has 1 fully saturated rings. The lowest BCUT2D eigenvalue weighted by Gasteiger charge is -2.17. The van der Waals surface area contributed by atoms with Gasteiger partial charge in [0.1, 0.15) is 12.2 Å². The molecule has 15 heavy (non-hydrogen) atoms. The van der Waals surface area contributed by atoms with Gasteiger partial charge in [-0.1, -0.05) is 0 Å². The van der Waals surface area contributed by atoms with Crippen molar-refractivity contribution in [3.05, 3.63) is 0 Å². The van der Waals surface area contributed by atoms with Gasteiger partial charge >= 0.3 is 0 Å². The molecule has 1 heterocycles. The van der Waals surface area contributed by atoms with Crippen LogP contribution in [0.4, 0.5) is 0 Å². The van der Waals surface area contributed by atoms with Gasteiger partial charge in [-0.05, 0) is 0 Å². The van der Waals surface area contributed by atoms with Gasteiger partial charge in [0.15, 0.2) is 12.4 Å². The first-order chi connectivity index (χ1) is 6.89. The highest BCUT2D eigenvalue weighted by molar-refractivity contribution is 7.86. The average Bonchev–Trinajstić information content (AvgIpc) is 2.42. The Morgan fingerprint density at radius 3 is 2.47 bits per heavy atom. The molecule has 0 aliphatic carbocycles. The maximum Gasteiger partial charge on any atom is 0.264 e. The molecule has 1 aliphatic rings. The standard InChI is InChI=1S/C7H14O7S/c1-12-7-6(14-15(2,10)11)5(9)4(3-8)13-7/h4-9H,3H2,1-2H3/t4-,5+,6+,7-/m0/s1. The minimum atomic E-state index is -3.72. The van der Waals surface area contributed by atoms with Crippen LogP contribution in [0.15, 0.2) is 0 Å². The number of rotatable bonds is 4. The molecule has 2 N–H and O–H groups in total. The lowest BCUT2D eigenvalue weighted by molar-refractivity contribution is -0.147. The summed E-state index contributed by atoms with van der Waals surface area (Å²) in [6.07, 6.45) is -3.44. The fourth-order valence-corrected chi connectivity index (χ4v) is 1.96. The Hall–Kier alpha value is -0.250. The van der Waals surface area contributed by atoms with E-state index in [0.717, 1.165) is 6.26 Å². The monoisotopic (exact) mass is 242 g/mol. The molecule has 7 nitrogen and oxygen atoms in total. The van der Waals surface area contributed by atoms with Crippen molar-refractivity contribution >= 4 is 10.1 Å². The molecule has 8 heteroatoms. The van der Waals surface area contributed by atoms with Crippen molar-refractivity contribution in [2.24, 2.45) is 0 Å². The highest BCUT2D eigenvalue weighted by Gasteiger charge is 2.46. The predicted molar refractivity (Wildman–Crippen MR) is 48.5 cm³/mol. The lowest BCUT2D eigenvalue weighted by Crippen LogP contribution is -2.38. The Morgan fingerprint density at radius 2 is 2.07 bits per heavy atom. The highest BCUT2D eigenvalue weighted by atomic mass is 32.2. The van der Waals surface area contributed by atoms with Crippen LogP contribution in [0, 0.1) is 0 Å². The van der Waals surface area contributed by atoms with E-state index in [1.165, 1.54) is 7.11 Å². The number of methoxy groups -OCH3 is 1. The predicted octanol–water partition coefficient (Wildman–Crippen LogP) is -1.94. The third-order valence-electron chi connectivity index (χ3n) is 1.99. The van der Waals surface area contributed by atoms with Gasteiger partial charge in [0.05, 0.1) is 12.9 Å². The van der Waals surface area contributed by atoms with Crippen LogP contribution in [-0.4, -0.2) is 63.2 Å². The topological polar surface area (TPSA) is 102 Å². The van der Waals surface area contributed by atoms with Crippen molar-refractivity contribution in [2.75, 3.05) is 20.0 Å². The van der Waals surface area contributed by atoms with Crippen molar-refractivity contribution in [1.29, 1.82) is 0 Å². The van der Waals surface area contributed by atoms with Gasteiger partial charge in [-0.25, -0.2) is 0 Å². The molecule has 0 aromatic carbocycles. The van der Waals surface area contributed by atoms with Crippen LogP contribution in [0.5, 0.6) is 0 Å². The van der Waals surface area contributed by atoms with Crippen LogP contribution in [-0.2, 0) is 23.8 Å². The number of aliphatic hydroxyl groups is 2. The molecule has 1 aliphatic heterocycles. The first kappa shape index (κ1) is 12.8. The van der Waals surface area contributed by atoms with Crippen LogP contribution >= 0.6 is 0 Å². The summed E-state index contributed by atoms with van der Waals surface area (Å²) in [7, 11) is -2.43. The van der Waals surface area contributed by atoms with E-state index in [4.69, 9.17) is 14.6 Å². The van der Waals surface area contributed by atoms with Crippen molar-refractivity contribution < 1.29 is 32.3 Å². The van der Waals surface area contributed by atoms with Crippen molar-refractivity contribution in [2.45, 2.75) is 24.6 Å². The molecule has 0 bridgehead atoms. The molecule has 0 amide bonds. The SMILES string of the molecule is CO[C@H]1O[C@@H](CO)[C@@H](O)[C@H]1OS(C)(=O)=O. The van der Waals surface area contributed by atoms with Crippen molar-refractivity contribution in [3.8, 4) is 0 Å². The van der Waals surface area contributed by atoms with E-state index in [1.807, 2.05) is 0 Å². The zero-order chi connectivity index (χ0) is 11.6. The fourth-order valence-electron chi connectivity index (χ4n) is 1.35. The summed E-state index contributed by atoms with van der Waals surface area (Å²) >= 11 is 0. The average molecular weight is 242 g/mol. The second kappa shape index (κ2) is 4.73. The molecule has 1 rings (SSSR count). The zero-order valence-electron chi connectivity index (χ0n) is 8.36. The summed E-state index contributed by atoms with van der Waals surface area (Å²) in [5.41, 5.74) is 0. The molecular formula is C7H14O7S. The molecule has 4 atom stereocenters. The van der Waals surface area contributed by atoms with E-state index in [-0.39, 0.29) is 0 Å². The molecule has 0 aromatic rings. The third kappa shape index (κ3) is 3.10. The molecule has 90 valence electrons. The number of hydrogen-bond acceptors (Lipinski definition) is 7. The Labute approximate surface area is 87.7 Å². The van der Waals surface area contributed by atoms with Crippen LogP contribution in [0.25, 0.3) is 0 Å². The van der Waals surface area contributed by atoms with Gasteiger partial charge in [-0.2, -0.15) is 8.42 Å².